The number of aromatic nitrogens is 2. The van der Waals surface area contributed by atoms with Gasteiger partial charge >= 0.3 is 0 Å². The molecule has 2 rings (SSSR count). The minimum absolute atomic E-state index is 0.261. The van der Waals surface area contributed by atoms with E-state index in [-0.39, 0.29) is 5.91 Å². The maximum atomic E-state index is 11.9. The number of nitrogens with zero attached hydrogens (tertiary/aromatic N) is 2. The van der Waals surface area contributed by atoms with E-state index in [1.54, 1.807) is 12.1 Å². The van der Waals surface area contributed by atoms with Gasteiger partial charge in [0.2, 0.25) is 0 Å². The van der Waals surface area contributed by atoms with Crippen molar-refractivity contribution in [1.29, 1.82) is 0 Å². The van der Waals surface area contributed by atoms with Gasteiger partial charge in [-0.3, -0.25) is 4.79 Å². The predicted octanol–water partition coefficient (Wildman–Crippen LogP) is 2.13. The molecule has 0 aliphatic heterocycles. The van der Waals surface area contributed by atoms with Gasteiger partial charge in [-0.25, -0.2) is 9.97 Å². The Labute approximate surface area is 105 Å². The van der Waals surface area contributed by atoms with Crippen LogP contribution in [0, 0.1) is 0 Å². The lowest BCUT2D eigenvalue weighted by Gasteiger charge is -2.10. The first kappa shape index (κ1) is 12.0. The summed E-state index contributed by atoms with van der Waals surface area (Å²) in [5, 5.41) is 2.77. The number of carbonyl (C=O) groups is 1. The second-order valence-corrected chi connectivity index (χ2v) is 3.51. The highest BCUT2D eigenvalue weighted by Crippen LogP contribution is 2.24. The molecule has 92 valence electrons. The normalized spacial score (nSPS) is 9.83. The molecule has 1 amide bonds. The molecule has 18 heavy (non-hydrogen) atoms. The number of hydrogen-bond acceptors (Lipinski definition) is 4. The maximum Gasteiger partial charge on any atom is 0.258 e. The number of hydrogen-bond donors (Lipinski definition) is 1. The minimum atomic E-state index is -0.261. The van der Waals surface area contributed by atoms with E-state index in [4.69, 9.17) is 4.74 Å². The molecule has 1 aromatic carbocycles. The van der Waals surface area contributed by atoms with Crippen molar-refractivity contribution in [1.82, 2.24) is 9.97 Å². The predicted molar refractivity (Wildman–Crippen MR) is 67.6 cm³/mol. The van der Waals surface area contributed by atoms with E-state index in [9.17, 15) is 4.79 Å². The van der Waals surface area contributed by atoms with Crippen molar-refractivity contribution in [3.05, 3.63) is 48.5 Å². The average molecular weight is 243 g/mol. The molecule has 0 saturated heterocycles. The number of ether oxygens (including phenoxy) is 1. The molecule has 5 nitrogen and oxygen atoms in total. The van der Waals surface area contributed by atoms with Gasteiger partial charge in [0, 0.05) is 12.4 Å². The van der Waals surface area contributed by atoms with Crippen LogP contribution in [0.4, 0.5) is 5.69 Å². The van der Waals surface area contributed by atoms with Gasteiger partial charge < -0.3 is 10.1 Å². The third-order valence-electron chi connectivity index (χ3n) is 2.26. The van der Waals surface area contributed by atoms with Crippen LogP contribution in [-0.4, -0.2) is 22.5 Å². The van der Waals surface area contributed by atoms with Crippen LogP contribution >= 0.6 is 0 Å². The number of benzene rings is 1. The first-order valence-electron chi connectivity index (χ1n) is 5.59. The van der Waals surface area contributed by atoms with Gasteiger partial charge in [0.25, 0.3) is 5.91 Å². The molecule has 0 bridgehead atoms. The summed E-state index contributed by atoms with van der Waals surface area (Å²) in [5.74, 6) is 0.382. The highest BCUT2D eigenvalue weighted by atomic mass is 16.5. The largest absolute Gasteiger partial charge is 0.492 e. The second-order valence-electron chi connectivity index (χ2n) is 3.51. The van der Waals surface area contributed by atoms with Crippen LogP contribution in [0.3, 0.4) is 0 Å². The van der Waals surface area contributed by atoms with Crippen molar-refractivity contribution in [3.8, 4) is 5.75 Å². The van der Waals surface area contributed by atoms with Crippen molar-refractivity contribution < 1.29 is 9.53 Å². The number of anilines is 1. The minimum Gasteiger partial charge on any atom is -0.492 e. The number of carbonyl (C=O) groups excluding carboxylic acids is 1. The summed E-state index contributed by atoms with van der Waals surface area (Å²) in [7, 11) is 0. The summed E-state index contributed by atoms with van der Waals surface area (Å²) < 4.78 is 5.43. The van der Waals surface area contributed by atoms with Crippen LogP contribution in [0.2, 0.25) is 0 Å². The van der Waals surface area contributed by atoms with E-state index in [0.717, 1.165) is 0 Å². The summed E-state index contributed by atoms with van der Waals surface area (Å²) in [6.45, 7) is 2.44. The first-order valence-corrected chi connectivity index (χ1v) is 5.59. The van der Waals surface area contributed by atoms with Crippen molar-refractivity contribution >= 4 is 11.6 Å². The fourth-order valence-electron chi connectivity index (χ4n) is 1.46. The van der Waals surface area contributed by atoms with Crippen LogP contribution in [-0.2, 0) is 0 Å². The number of para-hydroxylation sites is 2. The van der Waals surface area contributed by atoms with Gasteiger partial charge in [-0.05, 0) is 19.1 Å². The Hall–Kier alpha value is -2.43. The fourth-order valence-corrected chi connectivity index (χ4v) is 1.46. The van der Waals surface area contributed by atoms with Crippen LogP contribution in [0.5, 0.6) is 5.75 Å². The SMILES string of the molecule is CCOc1ccccc1NC(=O)c1cncnc1. The van der Waals surface area contributed by atoms with Crippen molar-refractivity contribution in [3.63, 3.8) is 0 Å². The van der Waals surface area contributed by atoms with Gasteiger partial charge in [0.1, 0.15) is 12.1 Å². The molecule has 1 heterocycles. The summed E-state index contributed by atoms with van der Waals surface area (Å²) in [4.78, 5) is 19.5. The molecule has 0 aliphatic carbocycles. The zero-order valence-corrected chi connectivity index (χ0v) is 9.96. The van der Waals surface area contributed by atoms with Crippen LogP contribution < -0.4 is 10.1 Å². The summed E-state index contributed by atoms with van der Waals surface area (Å²) >= 11 is 0. The third-order valence-corrected chi connectivity index (χ3v) is 2.26. The monoisotopic (exact) mass is 243 g/mol. The Morgan fingerprint density at radius 1 is 1.28 bits per heavy atom. The lowest BCUT2D eigenvalue weighted by atomic mass is 10.2. The summed E-state index contributed by atoms with van der Waals surface area (Å²) in [6.07, 6.45) is 4.31. The smallest absolute Gasteiger partial charge is 0.258 e. The quantitative estimate of drug-likeness (QED) is 0.893. The molecule has 1 N–H and O–H groups in total. The Morgan fingerprint density at radius 2 is 2.00 bits per heavy atom. The highest BCUT2D eigenvalue weighted by molar-refractivity contribution is 6.04. The molecule has 2 aromatic rings. The van der Waals surface area contributed by atoms with Crippen LogP contribution in [0.15, 0.2) is 43.0 Å². The number of nitrogens with one attached hydrogen (secondary N) is 1. The molecular formula is C13H13N3O2. The molecule has 0 atom stereocenters. The van der Waals surface area contributed by atoms with E-state index in [0.29, 0.717) is 23.6 Å². The van der Waals surface area contributed by atoms with Crippen molar-refractivity contribution in [2.75, 3.05) is 11.9 Å². The lowest BCUT2D eigenvalue weighted by molar-refractivity contribution is 0.102. The Balaban J connectivity index is 2.17. The van der Waals surface area contributed by atoms with Crippen molar-refractivity contribution in [2.45, 2.75) is 6.92 Å². The topological polar surface area (TPSA) is 64.1 Å². The molecule has 0 aliphatic rings. The van der Waals surface area contributed by atoms with Crippen molar-refractivity contribution in [2.24, 2.45) is 0 Å². The lowest BCUT2D eigenvalue weighted by Crippen LogP contribution is -2.13. The zero-order chi connectivity index (χ0) is 12.8. The molecule has 0 unspecified atom stereocenters. The zero-order valence-electron chi connectivity index (χ0n) is 9.96. The fraction of sp³-hybridized carbons (Fsp3) is 0.154. The van der Waals surface area contributed by atoms with E-state index in [1.165, 1.54) is 18.7 Å². The van der Waals surface area contributed by atoms with Gasteiger partial charge in [0.05, 0.1) is 17.9 Å². The molecule has 5 heteroatoms. The Bertz CT molecular complexity index is 529. The first-order chi connectivity index (χ1) is 8.81. The van der Waals surface area contributed by atoms with E-state index < -0.39 is 0 Å². The molecule has 0 fully saturated rings. The average Bonchev–Trinajstić information content (AvgIpc) is 2.42. The summed E-state index contributed by atoms with van der Waals surface area (Å²) in [6, 6.07) is 7.28. The highest BCUT2D eigenvalue weighted by Gasteiger charge is 2.09. The molecule has 0 spiro atoms. The maximum absolute atomic E-state index is 11.9. The standard InChI is InChI=1S/C13H13N3O2/c1-2-18-12-6-4-3-5-11(12)16-13(17)10-7-14-9-15-8-10/h3-9H,2H2,1H3,(H,16,17). The number of rotatable bonds is 4. The second kappa shape index (κ2) is 5.77. The van der Waals surface area contributed by atoms with Crippen LogP contribution in [0.25, 0.3) is 0 Å². The van der Waals surface area contributed by atoms with Gasteiger partial charge in [-0.2, -0.15) is 0 Å². The Kier molecular flexibility index (Phi) is 3.86. The van der Waals surface area contributed by atoms with E-state index in [1.807, 2.05) is 19.1 Å². The van der Waals surface area contributed by atoms with Gasteiger partial charge in [0.15, 0.2) is 0 Å². The number of amides is 1. The molecule has 1 aromatic heterocycles. The van der Waals surface area contributed by atoms with E-state index >= 15 is 0 Å². The van der Waals surface area contributed by atoms with E-state index in [2.05, 4.69) is 15.3 Å². The molecule has 0 saturated carbocycles. The molecular weight excluding hydrogens is 230 g/mol. The van der Waals surface area contributed by atoms with Crippen LogP contribution in [0.1, 0.15) is 17.3 Å². The van der Waals surface area contributed by atoms with Gasteiger partial charge in [-0.1, -0.05) is 12.1 Å². The Morgan fingerprint density at radius 3 is 2.72 bits per heavy atom. The summed E-state index contributed by atoms with van der Waals surface area (Å²) in [5.41, 5.74) is 1.04. The third kappa shape index (κ3) is 2.82. The van der Waals surface area contributed by atoms with Gasteiger partial charge in [-0.15, -0.1) is 0 Å². The molecule has 0 radical (unpaired) electrons.